The van der Waals surface area contributed by atoms with E-state index in [1.54, 1.807) is 6.07 Å². The first kappa shape index (κ1) is 14.8. The molecule has 0 bridgehead atoms. The smallest absolute Gasteiger partial charge is 0.123 e. The van der Waals surface area contributed by atoms with Gasteiger partial charge in [-0.25, -0.2) is 4.39 Å². The maximum Gasteiger partial charge on any atom is 0.123 e. The average molecular weight is 276 g/mol. The molecule has 1 unspecified atom stereocenters. The van der Waals surface area contributed by atoms with E-state index < -0.39 is 0 Å². The van der Waals surface area contributed by atoms with Crippen molar-refractivity contribution in [2.75, 3.05) is 6.61 Å². The van der Waals surface area contributed by atoms with Crippen molar-refractivity contribution in [3.63, 3.8) is 0 Å². The third-order valence-corrected chi connectivity index (χ3v) is 3.97. The van der Waals surface area contributed by atoms with Crippen LogP contribution in [0.5, 0.6) is 5.75 Å². The lowest BCUT2D eigenvalue weighted by Gasteiger charge is -2.17. The van der Waals surface area contributed by atoms with Gasteiger partial charge in [0.1, 0.15) is 11.6 Å². The van der Waals surface area contributed by atoms with Crippen LogP contribution in [-0.4, -0.2) is 12.6 Å². The molecule has 2 N–H and O–H groups in total. The molecule has 0 radical (unpaired) electrons. The van der Waals surface area contributed by atoms with Crippen molar-refractivity contribution in [3.05, 3.63) is 29.6 Å². The Morgan fingerprint density at radius 3 is 2.85 bits per heavy atom. The Bertz CT molecular complexity index is 506. The van der Waals surface area contributed by atoms with E-state index in [9.17, 15) is 4.39 Å². The third kappa shape index (κ3) is 3.71. The van der Waals surface area contributed by atoms with Crippen LogP contribution in [0.4, 0.5) is 4.39 Å². The van der Waals surface area contributed by atoms with Crippen molar-refractivity contribution >= 4 is 0 Å². The Morgan fingerprint density at radius 1 is 1.50 bits per heavy atom. The number of ether oxygens (including phenoxy) is 1. The zero-order valence-electron chi connectivity index (χ0n) is 11.9. The summed E-state index contributed by atoms with van der Waals surface area (Å²) in [4.78, 5) is 0. The minimum atomic E-state index is -0.270. The largest absolute Gasteiger partial charge is 0.493 e. The second-order valence-electron chi connectivity index (χ2n) is 5.75. The molecule has 3 nitrogen and oxygen atoms in total. The molecule has 1 atom stereocenters. The maximum atomic E-state index is 13.4. The summed E-state index contributed by atoms with van der Waals surface area (Å²) >= 11 is 0. The van der Waals surface area contributed by atoms with Gasteiger partial charge < -0.3 is 10.5 Å². The molecule has 1 aromatic carbocycles. The molecule has 20 heavy (non-hydrogen) atoms. The number of nitrogens with two attached hydrogens (primary N) is 1. The molecule has 1 aliphatic carbocycles. The monoisotopic (exact) mass is 276 g/mol. The van der Waals surface area contributed by atoms with Crippen molar-refractivity contribution in [2.24, 2.45) is 11.1 Å². The van der Waals surface area contributed by atoms with Gasteiger partial charge in [-0.2, -0.15) is 5.26 Å². The molecule has 2 rings (SSSR count). The van der Waals surface area contributed by atoms with Crippen LogP contribution in [0.15, 0.2) is 18.2 Å². The van der Waals surface area contributed by atoms with E-state index in [0.717, 1.165) is 24.8 Å². The maximum absolute atomic E-state index is 13.4. The van der Waals surface area contributed by atoms with E-state index in [2.05, 4.69) is 6.07 Å². The molecular weight excluding hydrogens is 255 g/mol. The van der Waals surface area contributed by atoms with Gasteiger partial charge in [0.25, 0.3) is 0 Å². The van der Waals surface area contributed by atoms with Gasteiger partial charge in [0, 0.05) is 17.9 Å². The van der Waals surface area contributed by atoms with Crippen LogP contribution >= 0.6 is 0 Å². The summed E-state index contributed by atoms with van der Waals surface area (Å²) < 4.78 is 19.2. The molecule has 0 amide bonds. The van der Waals surface area contributed by atoms with Gasteiger partial charge in [0.05, 0.1) is 12.7 Å². The lowest BCUT2D eigenvalue weighted by Crippen LogP contribution is -2.22. The van der Waals surface area contributed by atoms with E-state index in [1.165, 1.54) is 12.1 Å². The molecule has 1 aromatic rings. The van der Waals surface area contributed by atoms with Gasteiger partial charge >= 0.3 is 0 Å². The number of rotatable bonds is 7. The number of hydrogen-bond donors (Lipinski definition) is 1. The zero-order valence-corrected chi connectivity index (χ0v) is 11.9. The van der Waals surface area contributed by atoms with Crippen LogP contribution in [0.2, 0.25) is 0 Å². The van der Waals surface area contributed by atoms with E-state index in [4.69, 9.17) is 15.7 Å². The predicted molar refractivity (Wildman–Crippen MR) is 75.8 cm³/mol. The number of halogens is 1. The highest BCUT2D eigenvalue weighted by Gasteiger charge is 2.43. The van der Waals surface area contributed by atoms with E-state index in [0.29, 0.717) is 25.2 Å². The molecule has 1 aliphatic rings. The van der Waals surface area contributed by atoms with Crippen molar-refractivity contribution in [1.82, 2.24) is 0 Å². The molecule has 4 heteroatoms. The topological polar surface area (TPSA) is 59.0 Å². The molecule has 0 aromatic heterocycles. The SMILES string of the molecule is CCC(N)Cc1cc(F)ccc1OCC1(CC#N)CC1. The Morgan fingerprint density at radius 2 is 2.25 bits per heavy atom. The molecule has 1 saturated carbocycles. The van der Waals surface area contributed by atoms with Crippen LogP contribution in [0.1, 0.15) is 38.2 Å². The minimum absolute atomic E-state index is 0.00754. The van der Waals surface area contributed by atoms with E-state index in [-0.39, 0.29) is 17.3 Å². The third-order valence-electron chi connectivity index (χ3n) is 3.97. The first-order chi connectivity index (χ1) is 9.58. The number of nitriles is 1. The minimum Gasteiger partial charge on any atom is -0.493 e. The quantitative estimate of drug-likeness (QED) is 0.832. The van der Waals surface area contributed by atoms with Crippen molar-refractivity contribution in [1.29, 1.82) is 5.26 Å². The van der Waals surface area contributed by atoms with Crippen molar-refractivity contribution in [3.8, 4) is 11.8 Å². The fraction of sp³-hybridized carbons (Fsp3) is 0.562. The summed E-state index contributed by atoms with van der Waals surface area (Å²) in [7, 11) is 0. The summed E-state index contributed by atoms with van der Waals surface area (Å²) in [6.45, 7) is 2.54. The van der Waals surface area contributed by atoms with Gasteiger partial charge in [-0.05, 0) is 49.4 Å². The summed E-state index contributed by atoms with van der Waals surface area (Å²) in [5, 5.41) is 8.81. The summed E-state index contributed by atoms with van der Waals surface area (Å²) in [6, 6.07) is 6.78. The summed E-state index contributed by atoms with van der Waals surface area (Å²) in [5.41, 5.74) is 6.78. The van der Waals surface area contributed by atoms with Crippen molar-refractivity contribution < 1.29 is 9.13 Å². The molecule has 0 saturated heterocycles. The number of nitrogens with zero attached hydrogens (tertiary/aromatic N) is 1. The molecule has 1 fully saturated rings. The first-order valence-electron chi connectivity index (χ1n) is 7.12. The highest BCUT2D eigenvalue weighted by atomic mass is 19.1. The zero-order chi connectivity index (χ0) is 14.6. The highest BCUT2D eigenvalue weighted by molar-refractivity contribution is 5.35. The average Bonchev–Trinajstić information content (AvgIpc) is 3.18. The van der Waals surface area contributed by atoms with Gasteiger partial charge in [0.2, 0.25) is 0 Å². The molecular formula is C16H21FN2O. The van der Waals surface area contributed by atoms with Gasteiger partial charge in [-0.3, -0.25) is 0 Å². The lowest BCUT2D eigenvalue weighted by atomic mass is 10.0. The molecule has 108 valence electrons. The lowest BCUT2D eigenvalue weighted by molar-refractivity contribution is 0.234. The fourth-order valence-corrected chi connectivity index (χ4v) is 2.22. The summed E-state index contributed by atoms with van der Waals surface area (Å²) in [5.74, 6) is 0.424. The van der Waals surface area contributed by atoms with E-state index in [1.807, 2.05) is 6.92 Å². The van der Waals surface area contributed by atoms with Crippen LogP contribution in [0.25, 0.3) is 0 Å². The molecule has 0 spiro atoms. The Balaban J connectivity index is 2.05. The molecule has 0 aliphatic heterocycles. The highest BCUT2D eigenvalue weighted by Crippen LogP contribution is 2.48. The number of hydrogen-bond acceptors (Lipinski definition) is 3. The second-order valence-corrected chi connectivity index (χ2v) is 5.75. The number of benzene rings is 1. The predicted octanol–water partition coefficient (Wildman–Crippen LogP) is 3.18. The van der Waals surface area contributed by atoms with Gasteiger partial charge in [-0.1, -0.05) is 6.92 Å². The first-order valence-corrected chi connectivity index (χ1v) is 7.12. The normalized spacial score (nSPS) is 17.3. The second kappa shape index (κ2) is 6.23. The van der Waals surface area contributed by atoms with E-state index >= 15 is 0 Å². The Labute approximate surface area is 119 Å². The van der Waals surface area contributed by atoms with Gasteiger partial charge in [0.15, 0.2) is 0 Å². The van der Waals surface area contributed by atoms with Crippen LogP contribution < -0.4 is 10.5 Å². The van der Waals surface area contributed by atoms with Crippen LogP contribution in [-0.2, 0) is 6.42 Å². The van der Waals surface area contributed by atoms with Crippen LogP contribution in [0.3, 0.4) is 0 Å². The van der Waals surface area contributed by atoms with Crippen LogP contribution in [0, 0.1) is 22.6 Å². The molecule has 0 heterocycles. The standard InChI is InChI=1S/C16H21FN2O/c1-2-14(19)10-12-9-13(17)3-4-15(12)20-11-16(5-6-16)7-8-18/h3-4,9,14H,2,5-7,10-11,19H2,1H3. The fourth-order valence-electron chi connectivity index (χ4n) is 2.22. The van der Waals surface area contributed by atoms with Gasteiger partial charge in [-0.15, -0.1) is 0 Å². The summed E-state index contributed by atoms with van der Waals surface area (Å²) in [6.07, 6.45) is 4.04. The van der Waals surface area contributed by atoms with Crippen molar-refractivity contribution in [2.45, 2.75) is 45.1 Å². The Hall–Kier alpha value is -1.60. The Kier molecular flexibility index (Phi) is 4.61.